The number of rotatable bonds is 5. The number of alkyl halides is 3. The molecule has 3 amide bonds. The first-order chi connectivity index (χ1) is 13.5. The number of halogens is 6. The summed E-state index contributed by atoms with van der Waals surface area (Å²) in [6.07, 6.45) is 0. The van der Waals surface area contributed by atoms with Crippen LogP contribution in [0.15, 0.2) is 41.3 Å². The van der Waals surface area contributed by atoms with Crippen molar-refractivity contribution >= 4 is 41.0 Å². The van der Waals surface area contributed by atoms with E-state index < -0.39 is 63.2 Å². The SMILES string of the molecule is COCN(C(=O)NC(=O)c1cccc(F)c1Cl)c1ccc(SC(F)(F)F)cc1F. The highest BCUT2D eigenvalue weighted by Gasteiger charge is 2.30. The summed E-state index contributed by atoms with van der Waals surface area (Å²) in [4.78, 5) is 24.8. The second kappa shape index (κ2) is 9.42. The van der Waals surface area contributed by atoms with E-state index in [2.05, 4.69) is 0 Å². The number of thioether (sulfide) groups is 1. The first-order valence-electron chi connectivity index (χ1n) is 7.64. The lowest BCUT2D eigenvalue weighted by Gasteiger charge is -2.22. The highest BCUT2D eigenvalue weighted by molar-refractivity contribution is 8.00. The fourth-order valence-electron chi connectivity index (χ4n) is 2.18. The van der Waals surface area contributed by atoms with Crippen LogP contribution >= 0.6 is 23.4 Å². The summed E-state index contributed by atoms with van der Waals surface area (Å²) < 4.78 is 69.8. The van der Waals surface area contributed by atoms with E-state index in [4.69, 9.17) is 16.3 Å². The molecule has 2 rings (SSSR count). The van der Waals surface area contributed by atoms with Gasteiger partial charge in [-0.05, 0) is 42.1 Å². The number of imide groups is 1. The maximum Gasteiger partial charge on any atom is 0.446 e. The van der Waals surface area contributed by atoms with Gasteiger partial charge in [0, 0.05) is 12.0 Å². The van der Waals surface area contributed by atoms with E-state index in [9.17, 15) is 31.5 Å². The van der Waals surface area contributed by atoms with Crippen LogP contribution < -0.4 is 10.2 Å². The van der Waals surface area contributed by atoms with Gasteiger partial charge < -0.3 is 4.74 Å². The fraction of sp³-hybridized carbons (Fsp3) is 0.176. The van der Waals surface area contributed by atoms with Gasteiger partial charge in [-0.3, -0.25) is 15.0 Å². The van der Waals surface area contributed by atoms with E-state index in [1.165, 1.54) is 19.2 Å². The van der Waals surface area contributed by atoms with Gasteiger partial charge in [0.15, 0.2) is 0 Å². The molecule has 0 unspecified atom stereocenters. The number of nitrogens with zero attached hydrogens (tertiary/aromatic N) is 1. The minimum absolute atomic E-state index is 0.338. The van der Waals surface area contributed by atoms with Gasteiger partial charge in [-0.1, -0.05) is 17.7 Å². The zero-order valence-electron chi connectivity index (χ0n) is 14.5. The number of carbonyl (C=O) groups is 2. The molecule has 1 N–H and O–H groups in total. The van der Waals surface area contributed by atoms with E-state index in [0.717, 1.165) is 18.2 Å². The van der Waals surface area contributed by atoms with Crippen molar-refractivity contribution in [1.82, 2.24) is 5.32 Å². The molecule has 0 bridgehead atoms. The Morgan fingerprint density at radius 2 is 1.86 bits per heavy atom. The second-order valence-corrected chi connectivity index (χ2v) is 6.88. The molecule has 0 spiro atoms. The molecule has 2 aromatic carbocycles. The Balaban J connectivity index is 2.25. The Labute approximate surface area is 170 Å². The molecule has 29 heavy (non-hydrogen) atoms. The monoisotopic (exact) mass is 454 g/mol. The van der Waals surface area contributed by atoms with Crippen LogP contribution in [-0.2, 0) is 4.74 Å². The molecule has 0 heterocycles. The molecule has 0 saturated heterocycles. The number of methoxy groups -OCH3 is 1. The molecule has 2 aromatic rings. The lowest BCUT2D eigenvalue weighted by molar-refractivity contribution is -0.0328. The maximum atomic E-state index is 14.3. The minimum Gasteiger partial charge on any atom is -0.364 e. The quantitative estimate of drug-likeness (QED) is 0.384. The normalized spacial score (nSPS) is 11.3. The van der Waals surface area contributed by atoms with Crippen molar-refractivity contribution in [2.75, 3.05) is 18.7 Å². The van der Waals surface area contributed by atoms with Gasteiger partial charge >= 0.3 is 11.5 Å². The molecule has 0 aliphatic heterocycles. The van der Waals surface area contributed by atoms with Crippen molar-refractivity contribution in [1.29, 1.82) is 0 Å². The smallest absolute Gasteiger partial charge is 0.364 e. The first kappa shape index (κ1) is 22.9. The molecule has 5 nitrogen and oxygen atoms in total. The van der Waals surface area contributed by atoms with Crippen LogP contribution in [0.4, 0.5) is 32.4 Å². The lowest BCUT2D eigenvalue weighted by Crippen LogP contribution is -2.44. The Morgan fingerprint density at radius 1 is 1.17 bits per heavy atom. The average molecular weight is 455 g/mol. The summed E-state index contributed by atoms with van der Waals surface area (Å²) in [5.41, 5.74) is -5.39. The molecule has 0 saturated carbocycles. The highest BCUT2D eigenvalue weighted by atomic mass is 35.5. The molecule has 156 valence electrons. The third-order valence-electron chi connectivity index (χ3n) is 3.36. The number of urea groups is 1. The second-order valence-electron chi connectivity index (χ2n) is 5.37. The lowest BCUT2D eigenvalue weighted by atomic mass is 10.2. The van der Waals surface area contributed by atoms with Crippen LogP contribution in [0.1, 0.15) is 10.4 Å². The largest absolute Gasteiger partial charge is 0.446 e. The number of amides is 3. The van der Waals surface area contributed by atoms with Crippen molar-refractivity contribution in [3.8, 4) is 0 Å². The zero-order valence-corrected chi connectivity index (χ0v) is 16.1. The van der Waals surface area contributed by atoms with Crippen LogP contribution in [0.25, 0.3) is 0 Å². The van der Waals surface area contributed by atoms with Crippen LogP contribution in [0.2, 0.25) is 5.02 Å². The van der Waals surface area contributed by atoms with E-state index in [1.54, 1.807) is 0 Å². The summed E-state index contributed by atoms with van der Waals surface area (Å²) in [6.45, 7) is -0.529. The van der Waals surface area contributed by atoms with Crippen molar-refractivity contribution in [3.63, 3.8) is 0 Å². The van der Waals surface area contributed by atoms with Crippen molar-refractivity contribution in [3.05, 3.63) is 58.6 Å². The van der Waals surface area contributed by atoms with Crippen molar-refractivity contribution in [2.45, 2.75) is 10.4 Å². The van der Waals surface area contributed by atoms with Gasteiger partial charge in [-0.15, -0.1) is 0 Å². The average Bonchev–Trinajstić information content (AvgIpc) is 2.61. The van der Waals surface area contributed by atoms with E-state index in [-0.39, 0.29) is 5.56 Å². The Morgan fingerprint density at radius 3 is 2.45 bits per heavy atom. The van der Waals surface area contributed by atoms with Gasteiger partial charge in [-0.25, -0.2) is 13.6 Å². The maximum absolute atomic E-state index is 14.3. The Hall–Kier alpha value is -2.37. The third kappa shape index (κ3) is 6.05. The third-order valence-corrected chi connectivity index (χ3v) is 4.47. The number of hydrogen-bond acceptors (Lipinski definition) is 4. The van der Waals surface area contributed by atoms with E-state index >= 15 is 0 Å². The van der Waals surface area contributed by atoms with Gasteiger partial charge in [0.2, 0.25) is 0 Å². The molecule has 0 aliphatic rings. The molecule has 0 atom stereocenters. The van der Waals surface area contributed by atoms with Gasteiger partial charge in [-0.2, -0.15) is 13.2 Å². The standard InChI is InChI=1S/C17H12ClF5N2O3S/c1-28-8-25(13-6-5-9(7-12(13)20)29-17(21,22)23)16(27)24-15(26)10-3-2-4-11(19)14(10)18/h2-7H,8H2,1H3,(H,24,26,27). The number of nitrogens with one attached hydrogen (secondary N) is 1. The molecule has 0 radical (unpaired) electrons. The van der Waals surface area contributed by atoms with Crippen molar-refractivity contribution in [2.24, 2.45) is 0 Å². The summed E-state index contributed by atoms with van der Waals surface area (Å²) >= 11 is 5.16. The van der Waals surface area contributed by atoms with Crippen LogP contribution in [0, 0.1) is 11.6 Å². The molecule has 12 heteroatoms. The van der Waals surface area contributed by atoms with E-state index in [0.29, 0.717) is 11.0 Å². The predicted molar refractivity (Wildman–Crippen MR) is 96.9 cm³/mol. The summed E-state index contributed by atoms with van der Waals surface area (Å²) in [7, 11) is 1.18. The molecule has 0 aromatic heterocycles. The number of benzene rings is 2. The zero-order chi connectivity index (χ0) is 21.8. The number of anilines is 1. The van der Waals surface area contributed by atoms with Gasteiger partial charge in [0.1, 0.15) is 18.4 Å². The molecule has 0 aliphatic carbocycles. The Bertz CT molecular complexity index is 926. The summed E-state index contributed by atoms with van der Waals surface area (Å²) in [6, 6.07) is 4.69. The predicted octanol–water partition coefficient (Wildman–Crippen LogP) is 5.19. The van der Waals surface area contributed by atoms with Gasteiger partial charge in [0.25, 0.3) is 5.91 Å². The first-order valence-corrected chi connectivity index (χ1v) is 8.84. The summed E-state index contributed by atoms with van der Waals surface area (Å²) in [5, 5.41) is 1.38. The minimum atomic E-state index is -4.62. The number of ether oxygens (including phenoxy) is 1. The van der Waals surface area contributed by atoms with Crippen LogP contribution in [-0.4, -0.2) is 31.3 Å². The highest BCUT2D eigenvalue weighted by Crippen LogP contribution is 2.38. The molecule has 0 fully saturated rings. The number of hydrogen-bond donors (Lipinski definition) is 1. The Kier molecular flexibility index (Phi) is 7.44. The van der Waals surface area contributed by atoms with Crippen LogP contribution in [0.5, 0.6) is 0 Å². The van der Waals surface area contributed by atoms with Gasteiger partial charge in [0.05, 0.1) is 16.3 Å². The van der Waals surface area contributed by atoms with E-state index in [1.807, 2.05) is 5.32 Å². The summed E-state index contributed by atoms with van der Waals surface area (Å²) in [5.74, 6) is -3.10. The fourth-order valence-corrected chi connectivity index (χ4v) is 2.96. The topological polar surface area (TPSA) is 58.6 Å². The van der Waals surface area contributed by atoms with Crippen molar-refractivity contribution < 1.29 is 36.3 Å². The molecular formula is C17H12ClF5N2O3S. The van der Waals surface area contributed by atoms with Crippen LogP contribution in [0.3, 0.4) is 0 Å². The number of carbonyl (C=O) groups excluding carboxylic acids is 2. The molecular weight excluding hydrogens is 443 g/mol.